The Morgan fingerprint density at radius 3 is 2.39 bits per heavy atom. The lowest BCUT2D eigenvalue weighted by atomic mass is 9.95. The first-order valence-electron chi connectivity index (χ1n) is 9.92. The van der Waals surface area contributed by atoms with Gasteiger partial charge in [-0.2, -0.15) is 0 Å². The number of aryl methyl sites for hydroxylation is 3. The molecule has 1 aromatic heterocycles. The van der Waals surface area contributed by atoms with Crippen molar-refractivity contribution in [2.45, 2.75) is 33.4 Å². The number of halogens is 1. The number of thiophene rings is 1. The Balaban J connectivity index is 1.88. The number of hydrogen-bond acceptors (Lipinski definition) is 4. The molecule has 1 aliphatic rings. The van der Waals surface area contributed by atoms with Crippen LogP contribution in [-0.2, 0) is 16.1 Å². The monoisotopic (exact) mass is 435 g/mol. The average Bonchev–Trinajstić information content (AvgIpc) is 3.26. The summed E-state index contributed by atoms with van der Waals surface area (Å²) in [5.41, 5.74) is 4.03. The van der Waals surface area contributed by atoms with Gasteiger partial charge in [0.15, 0.2) is 0 Å². The van der Waals surface area contributed by atoms with Crippen LogP contribution in [0.2, 0.25) is 0 Å². The number of amides is 1. The number of benzene rings is 2. The summed E-state index contributed by atoms with van der Waals surface area (Å²) in [7, 11) is 0. The van der Waals surface area contributed by atoms with Crippen molar-refractivity contribution in [3.05, 3.63) is 98.0 Å². The highest BCUT2D eigenvalue weighted by Gasteiger charge is 2.47. The van der Waals surface area contributed by atoms with Gasteiger partial charge in [-0.25, -0.2) is 4.39 Å². The summed E-state index contributed by atoms with van der Waals surface area (Å²) in [4.78, 5) is 28.5. The third kappa shape index (κ3) is 3.79. The molecule has 6 heteroatoms. The van der Waals surface area contributed by atoms with Gasteiger partial charge in [-0.15, -0.1) is 11.3 Å². The molecule has 2 aromatic carbocycles. The Morgan fingerprint density at radius 2 is 1.74 bits per heavy atom. The van der Waals surface area contributed by atoms with Gasteiger partial charge < -0.3 is 10.0 Å². The predicted octanol–water partition coefficient (Wildman–Crippen LogP) is 5.43. The normalized spacial score (nSPS) is 18.1. The van der Waals surface area contributed by atoms with E-state index < -0.39 is 17.7 Å². The van der Waals surface area contributed by atoms with Crippen molar-refractivity contribution in [2.24, 2.45) is 0 Å². The van der Waals surface area contributed by atoms with Crippen LogP contribution >= 0.6 is 11.3 Å². The second-order valence-corrected chi connectivity index (χ2v) is 8.79. The molecule has 4 rings (SSSR count). The molecule has 0 spiro atoms. The summed E-state index contributed by atoms with van der Waals surface area (Å²) in [5.74, 6) is -1.92. The van der Waals surface area contributed by atoms with E-state index in [1.54, 1.807) is 12.1 Å². The van der Waals surface area contributed by atoms with Crippen LogP contribution in [0.4, 0.5) is 4.39 Å². The predicted molar refractivity (Wildman–Crippen MR) is 119 cm³/mol. The van der Waals surface area contributed by atoms with Crippen molar-refractivity contribution in [1.29, 1.82) is 0 Å². The van der Waals surface area contributed by atoms with E-state index >= 15 is 0 Å². The van der Waals surface area contributed by atoms with Gasteiger partial charge in [0, 0.05) is 17.0 Å². The van der Waals surface area contributed by atoms with Crippen LogP contribution in [0.5, 0.6) is 0 Å². The fourth-order valence-corrected chi connectivity index (χ4v) is 4.95. The molecule has 0 aliphatic carbocycles. The molecule has 3 aromatic rings. The summed E-state index contributed by atoms with van der Waals surface area (Å²) in [6.45, 7) is 5.82. The molecule has 0 radical (unpaired) electrons. The Bertz CT molecular complexity index is 1210. The minimum Gasteiger partial charge on any atom is -0.507 e. The van der Waals surface area contributed by atoms with Crippen molar-refractivity contribution in [1.82, 2.24) is 4.90 Å². The molecule has 2 heterocycles. The van der Waals surface area contributed by atoms with Crippen LogP contribution in [-0.4, -0.2) is 21.7 Å². The number of aliphatic hydroxyl groups is 1. The number of Topliss-reactive ketones (excluding diaryl/α,β-unsaturated/α-hetero) is 1. The summed E-state index contributed by atoms with van der Waals surface area (Å²) in [6, 6.07) is 12.7. The SMILES string of the molecule is Cc1ccc(C)c(/C(O)=C2\C(=O)C(=O)N(Cc3ccc(F)cc3)C2c2sccc2C)c1. The van der Waals surface area contributed by atoms with Gasteiger partial charge in [0.2, 0.25) is 0 Å². The largest absolute Gasteiger partial charge is 0.507 e. The highest BCUT2D eigenvalue weighted by molar-refractivity contribution is 7.10. The van der Waals surface area contributed by atoms with Gasteiger partial charge in [-0.05, 0) is 67.1 Å². The van der Waals surface area contributed by atoms with Crippen LogP contribution < -0.4 is 0 Å². The molecule has 1 atom stereocenters. The topological polar surface area (TPSA) is 57.6 Å². The second-order valence-electron chi connectivity index (χ2n) is 7.84. The summed E-state index contributed by atoms with van der Waals surface area (Å²) >= 11 is 1.44. The van der Waals surface area contributed by atoms with E-state index in [4.69, 9.17) is 0 Å². The van der Waals surface area contributed by atoms with E-state index in [0.29, 0.717) is 11.1 Å². The van der Waals surface area contributed by atoms with Gasteiger partial charge in [0.1, 0.15) is 17.6 Å². The Labute approximate surface area is 184 Å². The number of likely N-dealkylation sites (tertiary alicyclic amines) is 1. The molecule has 1 N–H and O–H groups in total. The fraction of sp³-hybridized carbons (Fsp3) is 0.200. The molecule has 1 unspecified atom stereocenters. The third-order valence-electron chi connectivity index (χ3n) is 5.60. The van der Waals surface area contributed by atoms with E-state index in [0.717, 1.165) is 21.6 Å². The molecule has 0 bridgehead atoms. The number of nitrogens with zero attached hydrogens (tertiary/aromatic N) is 1. The maximum atomic E-state index is 13.3. The minimum absolute atomic E-state index is 0.0892. The zero-order chi connectivity index (χ0) is 22.3. The smallest absolute Gasteiger partial charge is 0.295 e. The number of carbonyl (C=O) groups is 2. The van der Waals surface area contributed by atoms with Crippen LogP contribution in [0.1, 0.15) is 38.7 Å². The third-order valence-corrected chi connectivity index (χ3v) is 6.68. The lowest BCUT2D eigenvalue weighted by molar-refractivity contribution is -0.140. The van der Waals surface area contributed by atoms with Gasteiger partial charge in [0.05, 0.1) is 5.57 Å². The van der Waals surface area contributed by atoms with E-state index in [9.17, 15) is 19.1 Å². The van der Waals surface area contributed by atoms with Crippen LogP contribution in [0, 0.1) is 26.6 Å². The van der Waals surface area contributed by atoms with Crippen molar-refractivity contribution >= 4 is 28.8 Å². The van der Waals surface area contributed by atoms with Crippen molar-refractivity contribution < 1.29 is 19.1 Å². The molecule has 1 amide bonds. The number of ketones is 1. The van der Waals surface area contributed by atoms with E-state index in [-0.39, 0.29) is 23.7 Å². The van der Waals surface area contributed by atoms with Crippen molar-refractivity contribution in [3.8, 4) is 0 Å². The number of carbonyl (C=O) groups excluding carboxylic acids is 2. The molecule has 1 saturated heterocycles. The standard InChI is InChI=1S/C25H22FNO3S/c1-14-4-5-15(2)19(12-14)22(28)20-21(24-16(3)10-11-31-24)27(25(30)23(20)29)13-17-6-8-18(26)9-7-17/h4-12,21,28H,13H2,1-3H3/b22-20+. The highest BCUT2D eigenvalue weighted by atomic mass is 32.1. The van der Waals surface area contributed by atoms with Crippen LogP contribution in [0.25, 0.3) is 5.76 Å². The zero-order valence-corrected chi connectivity index (χ0v) is 18.3. The van der Waals surface area contributed by atoms with Crippen LogP contribution in [0.3, 0.4) is 0 Å². The summed E-state index contributed by atoms with van der Waals surface area (Å²) < 4.78 is 13.3. The summed E-state index contributed by atoms with van der Waals surface area (Å²) in [5, 5.41) is 13.1. The Kier molecular flexibility index (Phi) is 5.50. The summed E-state index contributed by atoms with van der Waals surface area (Å²) in [6.07, 6.45) is 0. The second kappa shape index (κ2) is 8.12. The molecular weight excluding hydrogens is 413 g/mol. The maximum Gasteiger partial charge on any atom is 0.295 e. The lowest BCUT2D eigenvalue weighted by Gasteiger charge is -2.25. The first-order chi connectivity index (χ1) is 14.8. The van der Waals surface area contributed by atoms with Gasteiger partial charge in [-0.1, -0.05) is 29.8 Å². The molecule has 4 nitrogen and oxygen atoms in total. The fourth-order valence-electron chi connectivity index (χ4n) is 3.90. The Morgan fingerprint density at radius 1 is 1.03 bits per heavy atom. The number of rotatable bonds is 4. The molecule has 0 saturated carbocycles. The minimum atomic E-state index is -0.710. The first kappa shape index (κ1) is 21.0. The van der Waals surface area contributed by atoms with Gasteiger partial charge >= 0.3 is 0 Å². The van der Waals surface area contributed by atoms with Crippen molar-refractivity contribution in [3.63, 3.8) is 0 Å². The number of hydrogen-bond donors (Lipinski definition) is 1. The number of aliphatic hydroxyl groups excluding tert-OH is 1. The van der Waals surface area contributed by atoms with Gasteiger partial charge in [-0.3, -0.25) is 9.59 Å². The molecular formula is C25H22FNO3S. The van der Waals surface area contributed by atoms with Gasteiger partial charge in [0.25, 0.3) is 11.7 Å². The Hall–Kier alpha value is -3.25. The van der Waals surface area contributed by atoms with E-state index in [1.807, 2.05) is 50.4 Å². The van der Waals surface area contributed by atoms with E-state index in [2.05, 4.69) is 0 Å². The zero-order valence-electron chi connectivity index (χ0n) is 17.5. The lowest BCUT2D eigenvalue weighted by Crippen LogP contribution is -2.29. The average molecular weight is 436 g/mol. The quantitative estimate of drug-likeness (QED) is 0.338. The van der Waals surface area contributed by atoms with E-state index in [1.165, 1.54) is 28.4 Å². The van der Waals surface area contributed by atoms with Crippen LogP contribution in [0.15, 0.2) is 59.5 Å². The molecule has 1 aliphatic heterocycles. The molecule has 31 heavy (non-hydrogen) atoms. The molecule has 1 fully saturated rings. The maximum absolute atomic E-state index is 13.3. The van der Waals surface area contributed by atoms with Crippen molar-refractivity contribution in [2.75, 3.05) is 0 Å². The molecule has 158 valence electrons. The first-order valence-corrected chi connectivity index (χ1v) is 10.8. The highest BCUT2D eigenvalue weighted by Crippen LogP contribution is 2.43.